The van der Waals surface area contributed by atoms with Crippen LogP contribution in [-0.4, -0.2) is 30.6 Å². The van der Waals surface area contributed by atoms with Gasteiger partial charge in [0.05, 0.1) is 12.7 Å². The van der Waals surface area contributed by atoms with E-state index < -0.39 is 25.8 Å². The van der Waals surface area contributed by atoms with E-state index in [1.165, 1.54) is 27.2 Å². The van der Waals surface area contributed by atoms with Crippen LogP contribution in [0.1, 0.15) is 39.8 Å². The van der Waals surface area contributed by atoms with Crippen molar-refractivity contribution in [2.45, 2.75) is 51.0 Å². The summed E-state index contributed by atoms with van der Waals surface area (Å²) in [5.41, 5.74) is -0.855. The third-order valence-corrected chi connectivity index (χ3v) is 11.2. The Hall–Kier alpha value is -2.74. The third kappa shape index (κ3) is 4.28. The van der Waals surface area contributed by atoms with Gasteiger partial charge in [-0.25, -0.2) is 4.79 Å². The Morgan fingerprint density at radius 1 is 0.969 bits per heavy atom. The number of benzene rings is 2. The molecule has 2 atom stereocenters. The summed E-state index contributed by atoms with van der Waals surface area (Å²) in [4.78, 5) is 25.8. The van der Waals surface area contributed by atoms with Gasteiger partial charge in [-0.2, -0.15) is 0 Å². The molecular formula is C25H30N2O4Si. The van der Waals surface area contributed by atoms with Gasteiger partial charge in [-0.15, -0.1) is 0 Å². The van der Waals surface area contributed by atoms with Crippen molar-refractivity contribution in [1.82, 2.24) is 9.55 Å². The molecule has 1 aromatic heterocycles. The molecular weight excluding hydrogens is 420 g/mol. The van der Waals surface area contributed by atoms with E-state index in [9.17, 15) is 9.59 Å². The van der Waals surface area contributed by atoms with Crippen molar-refractivity contribution in [3.05, 3.63) is 93.8 Å². The second-order valence-corrected chi connectivity index (χ2v) is 13.6. The summed E-state index contributed by atoms with van der Waals surface area (Å²) in [6.45, 7) is 7.19. The molecule has 2 heterocycles. The van der Waals surface area contributed by atoms with Gasteiger partial charge in [0.2, 0.25) is 0 Å². The molecule has 1 fully saturated rings. The van der Waals surface area contributed by atoms with Crippen LogP contribution >= 0.6 is 0 Å². The highest BCUT2D eigenvalue weighted by molar-refractivity contribution is 6.99. The van der Waals surface area contributed by atoms with Crippen molar-refractivity contribution < 1.29 is 9.16 Å². The Kier molecular flexibility index (Phi) is 6.32. The van der Waals surface area contributed by atoms with Gasteiger partial charge in [0.1, 0.15) is 6.23 Å². The van der Waals surface area contributed by atoms with Gasteiger partial charge in [0, 0.05) is 12.3 Å². The average Bonchev–Trinajstić information content (AvgIpc) is 3.23. The predicted molar refractivity (Wildman–Crippen MR) is 128 cm³/mol. The van der Waals surface area contributed by atoms with Crippen LogP contribution in [0.25, 0.3) is 0 Å². The molecule has 7 heteroatoms. The SMILES string of the molecule is CC(C)(C)[Si](OC[C@@H]1CCC(n2ccc(=O)[nH]c2=O)O1)(c1ccccc1)c1ccccc1. The van der Waals surface area contributed by atoms with E-state index in [-0.39, 0.29) is 11.1 Å². The highest BCUT2D eigenvalue weighted by Crippen LogP contribution is 2.37. The molecule has 0 radical (unpaired) electrons. The first-order valence-electron chi connectivity index (χ1n) is 11.0. The number of aromatic amines is 1. The zero-order chi connectivity index (χ0) is 22.8. The molecule has 0 amide bonds. The van der Waals surface area contributed by atoms with Crippen LogP contribution in [0.4, 0.5) is 0 Å². The van der Waals surface area contributed by atoms with Gasteiger partial charge in [-0.05, 0) is 28.3 Å². The van der Waals surface area contributed by atoms with Crippen molar-refractivity contribution >= 4 is 18.7 Å². The lowest BCUT2D eigenvalue weighted by atomic mass is 10.2. The summed E-state index contributed by atoms with van der Waals surface area (Å²) in [6, 6.07) is 22.4. The van der Waals surface area contributed by atoms with Crippen LogP contribution in [0, 0.1) is 0 Å². The van der Waals surface area contributed by atoms with E-state index in [0.29, 0.717) is 13.0 Å². The number of nitrogens with zero attached hydrogens (tertiary/aromatic N) is 1. The van der Waals surface area contributed by atoms with E-state index in [1.807, 2.05) is 12.1 Å². The van der Waals surface area contributed by atoms with Crippen molar-refractivity contribution in [3.63, 3.8) is 0 Å². The number of nitrogens with one attached hydrogen (secondary N) is 1. The molecule has 168 valence electrons. The largest absolute Gasteiger partial charge is 0.405 e. The maximum atomic E-state index is 12.2. The second kappa shape index (κ2) is 9.01. The smallest absolute Gasteiger partial charge is 0.330 e. The lowest BCUT2D eigenvalue weighted by Gasteiger charge is -2.43. The van der Waals surface area contributed by atoms with Crippen molar-refractivity contribution in [3.8, 4) is 0 Å². The first-order valence-corrected chi connectivity index (χ1v) is 12.9. The Morgan fingerprint density at radius 2 is 1.56 bits per heavy atom. The Bertz CT molecular complexity index is 1110. The molecule has 3 aromatic rings. The molecule has 1 unspecified atom stereocenters. The zero-order valence-electron chi connectivity index (χ0n) is 18.8. The van der Waals surface area contributed by atoms with Crippen molar-refractivity contribution in [2.24, 2.45) is 0 Å². The first-order chi connectivity index (χ1) is 15.3. The Labute approximate surface area is 189 Å². The minimum absolute atomic E-state index is 0.108. The predicted octanol–water partition coefficient (Wildman–Crippen LogP) is 2.79. The summed E-state index contributed by atoms with van der Waals surface area (Å²) in [5, 5.41) is 2.35. The molecule has 0 saturated carbocycles. The maximum Gasteiger partial charge on any atom is 0.330 e. The van der Waals surface area contributed by atoms with Crippen LogP contribution in [0.5, 0.6) is 0 Å². The van der Waals surface area contributed by atoms with Gasteiger partial charge in [-0.1, -0.05) is 81.4 Å². The van der Waals surface area contributed by atoms with Crippen LogP contribution < -0.4 is 21.6 Å². The monoisotopic (exact) mass is 450 g/mol. The fourth-order valence-corrected chi connectivity index (χ4v) is 9.24. The minimum atomic E-state index is -2.63. The third-order valence-electron chi connectivity index (χ3n) is 6.15. The summed E-state index contributed by atoms with van der Waals surface area (Å²) in [7, 11) is -2.63. The standard InChI is InChI=1S/C25H30N2O4Si/c1-25(2,3)32(20-10-6-4-7-11-20,21-12-8-5-9-13-21)30-18-19-14-15-23(31-19)27-17-16-22(28)26-24(27)29/h4-13,16-17,19,23H,14-15,18H2,1-3H3,(H,26,28,29)/t19-,23?/m0/s1. The topological polar surface area (TPSA) is 73.3 Å². The quantitative estimate of drug-likeness (QED) is 0.586. The lowest BCUT2D eigenvalue weighted by Crippen LogP contribution is -2.67. The van der Waals surface area contributed by atoms with Crippen LogP contribution in [-0.2, 0) is 9.16 Å². The van der Waals surface area contributed by atoms with E-state index in [1.54, 1.807) is 0 Å². The fourth-order valence-electron chi connectivity index (χ4n) is 4.65. The molecule has 0 bridgehead atoms. The highest BCUT2D eigenvalue weighted by Gasteiger charge is 2.50. The van der Waals surface area contributed by atoms with Crippen molar-refractivity contribution in [1.29, 1.82) is 0 Å². The summed E-state index contributed by atoms with van der Waals surface area (Å²) >= 11 is 0. The molecule has 0 aliphatic carbocycles. The molecule has 6 nitrogen and oxygen atoms in total. The molecule has 1 N–H and O–H groups in total. The van der Waals surface area contributed by atoms with E-state index >= 15 is 0 Å². The van der Waals surface area contributed by atoms with E-state index in [0.717, 1.165) is 6.42 Å². The van der Waals surface area contributed by atoms with Crippen LogP contribution in [0.3, 0.4) is 0 Å². The lowest BCUT2D eigenvalue weighted by molar-refractivity contribution is -0.0215. The minimum Gasteiger partial charge on any atom is -0.405 e. The second-order valence-electron chi connectivity index (χ2n) is 9.28. The van der Waals surface area contributed by atoms with Crippen LogP contribution in [0.15, 0.2) is 82.5 Å². The Morgan fingerprint density at radius 3 is 2.09 bits per heavy atom. The van der Waals surface area contributed by atoms with Gasteiger partial charge < -0.3 is 9.16 Å². The molecule has 4 rings (SSSR count). The molecule has 1 aliphatic heterocycles. The summed E-state index contributed by atoms with van der Waals surface area (Å²) < 4.78 is 14.6. The first kappa shape index (κ1) is 22.5. The number of hydrogen-bond donors (Lipinski definition) is 1. The van der Waals surface area contributed by atoms with E-state index in [4.69, 9.17) is 9.16 Å². The fraction of sp³-hybridized carbons (Fsp3) is 0.360. The molecule has 0 spiro atoms. The number of ether oxygens (including phenoxy) is 1. The molecule has 32 heavy (non-hydrogen) atoms. The molecule has 1 saturated heterocycles. The van der Waals surface area contributed by atoms with Crippen LogP contribution in [0.2, 0.25) is 5.04 Å². The number of H-pyrrole nitrogens is 1. The van der Waals surface area contributed by atoms with Gasteiger partial charge in [-0.3, -0.25) is 14.3 Å². The number of aromatic nitrogens is 2. The number of rotatable bonds is 6. The molecule has 1 aliphatic rings. The summed E-state index contributed by atoms with van der Waals surface area (Å²) in [6.07, 6.45) is 2.46. The van der Waals surface area contributed by atoms with Gasteiger partial charge in [0.25, 0.3) is 13.9 Å². The molecule has 2 aromatic carbocycles. The Balaban J connectivity index is 1.62. The van der Waals surface area contributed by atoms with Crippen molar-refractivity contribution in [2.75, 3.05) is 6.61 Å². The maximum absolute atomic E-state index is 12.2. The summed E-state index contributed by atoms with van der Waals surface area (Å²) in [5.74, 6) is 0. The average molecular weight is 451 g/mol. The normalized spacial score (nSPS) is 19.2. The highest BCUT2D eigenvalue weighted by atomic mass is 28.4. The van der Waals surface area contributed by atoms with Gasteiger partial charge in [0.15, 0.2) is 0 Å². The van der Waals surface area contributed by atoms with Gasteiger partial charge >= 0.3 is 5.69 Å². The zero-order valence-corrected chi connectivity index (χ0v) is 19.8. The number of hydrogen-bond acceptors (Lipinski definition) is 4. The van der Waals surface area contributed by atoms with E-state index in [2.05, 4.69) is 74.3 Å².